The Morgan fingerprint density at radius 1 is 0.766 bits per heavy atom. The molecule has 2 saturated carbocycles. The van der Waals surface area contributed by atoms with Gasteiger partial charge in [-0.15, -0.1) is 0 Å². The molecule has 5 aromatic rings. The molecule has 3 fully saturated rings. The van der Waals surface area contributed by atoms with Gasteiger partial charge in [0.1, 0.15) is 23.7 Å². The van der Waals surface area contributed by atoms with Crippen LogP contribution in [0.1, 0.15) is 96.4 Å². The zero-order valence-electron chi connectivity index (χ0n) is 37.7. The largest absolute Gasteiger partial charge is 0.453 e. The second-order valence-corrected chi connectivity index (χ2v) is 18.7. The summed E-state index contributed by atoms with van der Waals surface area (Å²) >= 11 is 0. The Bertz CT molecular complexity index is 2500. The first-order valence-corrected chi connectivity index (χ1v) is 22.3. The number of amides is 4. The summed E-state index contributed by atoms with van der Waals surface area (Å²) in [6.07, 6.45) is 9.38. The molecule has 15 heteroatoms. The van der Waals surface area contributed by atoms with Crippen LogP contribution in [0.25, 0.3) is 44.4 Å². The second kappa shape index (κ2) is 18.1. The van der Waals surface area contributed by atoms with E-state index in [1.807, 2.05) is 24.9 Å². The molecule has 8 rings (SSSR count). The standard InChI is InChI=1S/C49H60N8O7/c1-28(2)39(55-46(60)62-5)45(59)57-27-49(20-21-49)24-38(57)42-50-26-37(52-42)35-19-18-33-22-32(16-17-34(33)23-35)29-12-14-30(15-13-29)36-25-51-43(53-36)40(31-10-8-9-11-31)54-44(58)41(48(3,4)64-7)56-47(61)63-6/h12-19,22-23,25-26,28,31,38-41H,8-11,20-21,24,27H2,1-7H3,(H,50,52)(H,51,53)(H,54,58)(H,55,60)(H,56,61)/t38-,39-,40-,41+/m0/s1. The van der Waals surface area contributed by atoms with Gasteiger partial charge in [0, 0.05) is 19.2 Å². The summed E-state index contributed by atoms with van der Waals surface area (Å²) in [4.78, 5) is 70.6. The number of aromatic amines is 2. The van der Waals surface area contributed by atoms with Crippen LogP contribution in [0.5, 0.6) is 0 Å². The summed E-state index contributed by atoms with van der Waals surface area (Å²) in [7, 11) is 4.07. The van der Waals surface area contributed by atoms with Crippen LogP contribution in [0.4, 0.5) is 9.59 Å². The smallest absolute Gasteiger partial charge is 0.407 e. The summed E-state index contributed by atoms with van der Waals surface area (Å²) in [6, 6.07) is 18.9. The van der Waals surface area contributed by atoms with Crippen LogP contribution in [0.3, 0.4) is 0 Å². The number of hydrogen-bond donors (Lipinski definition) is 5. The minimum atomic E-state index is -0.998. The topological polar surface area (TPSA) is 193 Å². The lowest BCUT2D eigenvalue weighted by molar-refractivity contribution is -0.135. The lowest BCUT2D eigenvalue weighted by atomic mass is 9.94. The Kier molecular flexibility index (Phi) is 12.6. The van der Waals surface area contributed by atoms with E-state index >= 15 is 0 Å². The summed E-state index contributed by atoms with van der Waals surface area (Å²) < 4.78 is 15.2. The van der Waals surface area contributed by atoms with Gasteiger partial charge < -0.3 is 45.0 Å². The number of carbonyl (C=O) groups is 4. The Labute approximate surface area is 373 Å². The number of methoxy groups -OCH3 is 3. The first kappa shape index (κ1) is 44.4. The van der Waals surface area contributed by atoms with Crippen molar-refractivity contribution in [2.75, 3.05) is 27.9 Å². The van der Waals surface area contributed by atoms with Gasteiger partial charge in [-0.25, -0.2) is 19.6 Å². The summed E-state index contributed by atoms with van der Waals surface area (Å²) in [5.74, 6) is 1.01. The van der Waals surface area contributed by atoms with E-state index in [-0.39, 0.29) is 41.1 Å². The Morgan fingerprint density at radius 2 is 1.36 bits per heavy atom. The van der Waals surface area contributed by atoms with Crippen LogP contribution in [-0.2, 0) is 23.8 Å². The number of rotatable bonds is 14. The van der Waals surface area contributed by atoms with Gasteiger partial charge in [-0.2, -0.15) is 0 Å². The molecule has 2 aliphatic carbocycles. The zero-order chi connectivity index (χ0) is 45.3. The van der Waals surface area contributed by atoms with Gasteiger partial charge in [0.25, 0.3) is 0 Å². The van der Waals surface area contributed by atoms with E-state index in [0.29, 0.717) is 12.4 Å². The number of ether oxygens (including phenoxy) is 3. The third-order valence-electron chi connectivity index (χ3n) is 13.7. The number of likely N-dealkylation sites (tertiary alicyclic amines) is 1. The van der Waals surface area contributed by atoms with E-state index in [9.17, 15) is 19.2 Å². The maximum atomic E-state index is 13.9. The van der Waals surface area contributed by atoms with Crippen LogP contribution in [-0.4, -0.2) is 94.4 Å². The quantitative estimate of drug-likeness (QED) is 0.0731. The van der Waals surface area contributed by atoms with E-state index in [0.717, 1.165) is 95.2 Å². The summed E-state index contributed by atoms with van der Waals surface area (Å²) in [5, 5.41) is 10.8. The van der Waals surface area contributed by atoms with Crippen LogP contribution in [0.15, 0.2) is 73.1 Å². The number of nitrogens with one attached hydrogen (secondary N) is 5. The van der Waals surface area contributed by atoms with E-state index in [1.54, 1.807) is 20.0 Å². The first-order chi connectivity index (χ1) is 30.7. The molecule has 0 bridgehead atoms. The van der Waals surface area contributed by atoms with E-state index in [4.69, 9.17) is 24.2 Å². The van der Waals surface area contributed by atoms with Gasteiger partial charge in [0.15, 0.2) is 0 Å². The Balaban J connectivity index is 0.964. The number of carbonyl (C=O) groups excluding carboxylic acids is 4. The van der Waals surface area contributed by atoms with Crippen molar-refractivity contribution in [1.29, 1.82) is 0 Å². The van der Waals surface area contributed by atoms with Gasteiger partial charge in [-0.1, -0.05) is 75.2 Å². The van der Waals surface area contributed by atoms with Crippen molar-refractivity contribution >= 4 is 34.8 Å². The van der Waals surface area contributed by atoms with Crippen LogP contribution in [0.2, 0.25) is 0 Å². The molecule has 64 heavy (non-hydrogen) atoms. The fraction of sp³-hybridized carbons (Fsp3) is 0.469. The van der Waals surface area contributed by atoms with Crippen molar-refractivity contribution in [3.8, 4) is 33.6 Å². The molecule has 4 amide bonds. The molecule has 3 aromatic carbocycles. The first-order valence-electron chi connectivity index (χ1n) is 22.3. The highest BCUT2D eigenvalue weighted by atomic mass is 16.5. The van der Waals surface area contributed by atoms with Crippen molar-refractivity contribution in [3.05, 3.63) is 84.7 Å². The van der Waals surface area contributed by atoms with Crippen molar-refractivity contribution in [2.24, 2.45) is 17.3 Å². The molecule has 1 saturated heterocycles. The van der Waals surface area contributed by atoms with Crippen LogP contribution >= 0.6 is 0 Å². The average molecular weight is 873 g/mol. The minimum absolute atomic E-state index is 0.110. The summed E-state index contributed by atoms with van der Waals surface area (Å²) in [6.45, 7) is 7.99. The van der Waals surface area contributed by atoms with Crippen molar-refractivity contribution in [3.63, 3.8) is 0 Å². The molecule has 0 radical (unpaired) electrons. The van der Waals surface area contributed by atoms with E-state index < -0.39 is 29.9 Å². The second-order valence-electron chi connectivity index (χ2n) is 18.7. The molecule has 15 nitrogen and oxygen atoms in total. The number of alkyl carbamates (subject to hydrolysis) is 2. The molecular weight excluding hydrogens is 813 g/mol. The highest BCUT2D eigenvalue weighted by Crippen LogP contribution is 2.58. The van der Waals surface area contributed by atoms with Gasteiger partial charge >= 0.3 is 12.2 Å². The van der Waals surface area contributed by atoms with Crippen molar-refractivity contribution in [1.82, 2.24) is 40.8 Å². The number of hydrogen-bond acceptors (Lipinski definition) is 9. The molecular formula is C49H60N8O7. The maximum absolute atomic E-state index is 13.9. The van der Waals surface area contributed by atoms with E-state index in [2.05, 4.69) is 86.6 Å². The predicted octanol–water partition coefficient (Wildman–Crippen LogP) is 8.22. The fourth-order valence-electron chi connectivity index (χ4n) is 9.46. The lowest BCUT2D eigenvalue weighted by Crippen LogP contribution is -2.59. The third kappa shape index (κ3) is 9.21. The number of benzene rings is 3. The normalized spacial score (nSPS) is 18.5. The molecule has 3 aliphatic rings. The minimum Gasteiger partial charge on any atom is -0.453 e. The monoisotopic (exact) mass is 872 g/mol. The SMILES string of the molecule is COC(=O)N[C@H](C(=O)N1CC2(CC2)C[C@H]1c1ncc(-c2ccc3cc(-c4ccc(-c5cnc([C@@H](NC(=O)[C@@H](NC(=O)OC)C(C)(C)OC)C6CCCC6)[nH]5)cc4)ccc3c2)[nH]1)C(C)C. The van der Waals surface area contributed by atoms with Gasteiger partial charge in [-0.05, 0) is 103 Å². The molecule has 4 atom stereocenters. The Hall–Kier alpha value is -6.22. The number of H-pyrrole nitrogens is 2. The zero-order valence-corrected chi connectivity index (χ0v) is 37.7. The molecule has 0 unspecified atom stereocenters. The highest BCUT2D eigenvalue weighted by Gasteiger charge is 2.55. The Morgan fingerprint density at radius 3 is 2.00 bits per heavy atom. The molecule has 1 spiro atoms. The maximum Gasteiger partial charge on any atom is 0.407 e. The van der Waals surface area contributed by atoms with Crippen LogP contribution < -0.4 is 16.0 Å². The number of aromatic nitrogens is 4. The fourth-order valence-corrected chi connectivity index (χ4v) is 9.46. The van der Waals surface area contributed by atoms with E-state index in [1.165, 1.54) is 21.3 Å². The lowest BCUT2D eigenvalue weighted by Gasteiger charge is -2.34. The predicted molar refractivity (Wildman–Crippen MR) is 243 cm³/mol. The molecule has 5 N–H and O–H groups in total. The van der Waals surface area contributed by atoms with Crippen LogP contribution in [0, 0.1) is 17.3 Å². The van der Waals surface area contributed by atoms with Crippen molar-refractivity contribution in [2.45, 2.75) is 102 Å². The van der Waals surface area contributed by atoms with Gasteiger partial charge in [-0.3, -0.25) is 9.59 Å². The van der Waals surface area contributed by atoms with Crippen molar-refractivity contribution < 1.29 is 33.4 Å². The average Bonchev–Trinajstić information content (AvgIpc) is 3.87. The number of imidazole rings is 2. The molecule has 1 aliphatic heterocycles. The van der Waals surface area contributed by atoms with Gasteiger partial charge in [0.2, 0.25) is 11.8 Å². The summed E-state index contributed by atoms with van der Waals surface area (Å²) in [5.41, 5.74) is 4.94. The number of nitrogens with zero attached hydrogens (tertiary/aromatic N) is 3. The van der Waals surface area contributed by atoms with Gasteiger partial charge in [0.05, 0.1) is 55.7 Å². The third-order valence-corrected chi connectivity index (χ3v) is 13.7. The number of fused-ring (bicyclic) bond motifs is 1. The molecule has 3 heterocycles. The molecule has 338 valence electrons. The highest BCUT2D eigenvalue weighted by molar-refractivity contribution is 5.91. The molecule has 2 aromatic heterocycles.